The molecular weight excluding hydrogens is 269 g/mol. The Hall–Kier alpha value is -1.51. The Morgan fingerprint density at radius 3 is 2.44 bits per heavy atom. The highest BCUT2D eigenvalue weighted by atomic mass is 35.5. The molecule has 0 fully saturated rings. The lowest BCUT2D eigenvalue weighted by atomic mass is 10.1. The van der Waals surface area contributed by atoms with Crippen LogP contribution in [0.4, 0.5) is 5.69 Å². The van der Waals surface area contributed by atoms with Crippen molar-refractivity contribution < 1.29 is 4.79 Å². The van der Waals surface area contributed by atoms with E-state index in [0.717, 1.165) is 5.56 Å². The van der Waals surface area contributed by atoms with Crippen molar-refractivity contribution in [3.63, 3.8) is 0 Å². The first-order valence-corrected chi connectivity index (χ1v) is 6.15. The third-order valence-electron chi connectivity index (χ3n) is 2.49. The van der Waals surface area contributed by atoms with Crippen LogP contribution in [0.25, 0.3) is 0 Å². The summed E-state index contributed by atoms with van der Waals surface area (Å²) in [4.78, 5) is 12.0. The molecule has 0 spiro atoms. The zero-order chi connectivity index (χ0) is 13.1. The Labute approximate surface area is 116 Å². The third kappa shape index (κ3) is 2.84. The van der Waals surface area contributed by atoms with E-state index >= 15 is 0 Å². The number of hydrogen-bond donors (Lipinski definition) is 1. The van der Waals surface area contributed by atoms with E-state index in [1.54, 1.807) is 36.4 Å². The highest BCUT2D eigenvalue weighted by molar-refractivity contribution is 6.36. The first-order chi connectivity index (χ1) is 8.58. The molecule has 1 N–H and O–H groups in total. The van der Waals surface area contributed by atoms with Gasteiger partial charge in [0.2, 0.25) is 0 Å². The number of amides is 1. The van der Waals surface area contributed by atoms with Crippen LogP contribution in [-0.2, 0) is 0 Å². The summed E-state index contributed by atoms with van der Waals surface area (Å²) in [6.07, 6.45) is 0. The predicted octanol–water partition coefficient (Wildman–Crippen LogP) is 4.55. The van der Waals surface area contributed by atoms with Crippen LogP contribution in [0.2, 0.25) is 10.0 Å². The quantitative estimate of drug-likeness (QED) is 0.858. The molecule has 0 saturated heterocycles. The van der Waals surface area contributed by atoms with Gasteiger partial charge >= 0.3 is 0 Å². The van der Waals surface area contributed by atoms with Gasteiger partial charge in [-0.3, -0.25) is 4.79 Å². The molecule has 0 radical (unpaired) electrons. The van der Waals surface area contributed by atoms with Crippen molar-refractivity contribution in [3.05, 3.63) is 63.6 Å². The molecular formula is C14H11Cl2NO. The lowest BCUT2D eigenvalue weighted by molar-refractivity contribution is 0.102. The summed E-state index contributed by atoms with van der Waals surface area (Å²) in [5.74, 6) is -0.270. The predicted molar refractivity (Wildman–Crippen MR) is 75.6 cm³/mol. The first-order valence-electron chi connectivity index (χ1n) is 5.40. The highest BCUT2D eigenvalue weighted by Crippen LogP contribution is 2.23. The second kappa shape index (κ2) is 5.42. The molecule has 0 atom stereocenters. The van der Waals surface area contributed by atoms with E-state index in [9.17, 15) is 4.79 Å². The van der Waals surface area contributed by atoms with Gasteiger partial charge in [0.25, 0.3) is 5.91 Å². The number of hydrogen-bond acceptors (Lipinski definition) is 1. The second-order valence-corrected chi connectivity index (χ2v) is 4.73. The molecule has 2 aromatic rings. The van der Waals surface area contributed by atoms with Gasteiger partial charge < -0.3 is 5.32 Å². The number of aryl methyl sites for hydroxylation is 1. The van der Waals surface area contributed by atoms with Gasteiger partial charge in [-0.1, -0.05) is 41.4 Å². The summed E-state index contributed by atoms with van der Waals surface area (Å²) in [7, 11) is 0. The van der Waals surface area contributed by atoms with E-state index in [1.807, 2.05) is 13.0 Å². The number of halogens is 2. The standard InChI is InChI=1S/C14H11Cl2NO/c1-9-6-7-10(12(16)8-9)14(18)17-13-5-3-2-4-11(13)15/h2-8H,1H3,(H,17,18). The molecule has 0 aromatic heterocycles. The Balaban J connectivity index is 2.25. The van der Waals surface area contributed by atoms with E-state index in [4.69, 9.17) is 23.2 Å². The number of carbonyl (C=O) groups is 1. The van der Waals surface area contributed by atoms with E-state index in [1.165, 1.54) is 0 Å². The number of rotatable bonds is 2. The van der Waals surface area contributed by atoms with Crippen molar-refractivity contribution in [2.75, 3.05) is 5.32 Å². The maximum atomic E-state index is 12.0. The van der Waals surface area contributed by atoms with Crippen LogP contribution in [0.15, 0.2) is 42.5 Å². The van der Waals surface area contributed by atoms with Gasteiger partial charge in [0, 0.05) is 0 Å². The van der Waals surface area contributed by atoms with Gasteiger partial charge in [0.1, 0.15) is 0 Å². The summed E-state index contributed by atoms with van der Waals surface area (Å²) in [5, 5.41) is 3.66. The van der Waals surface area contributed by atoms with Crippen LogP contribution >= 0.6 is 23.2 Å². The van der Waals surface area contributed by atoms with E-state index in [0.29, 0.717) is 21.3 Å². The maximum absolute atomic E-state index is 12.0. The molecule has 0 bridgehead atoms. The molecule has 0 saturated carbocycles. The summed E-state index contributed by atoms with van der Waals surface area (Å²) in [6.45, 7) is 1.92. The minimum Gasteiger partial charge on any atom is -0.321 e. The van der Waals surface area contributed by atoms with Crippen LogP contribution in [-0.4, -0.2) is 5.91 Å². The second-order valence-electron chi connectivity index (χ2n) is 3.92. The van der Waals surface area contributed by atoms with Crippen molar-refractivity contribution in [2.45, 2.75) is 6.92 Å². The van der Waals surface area contributed by atoms with Crippen molar-refractivity contribution in [3.8, 4) is 0 Å². The first kappa shape index (κ1) is 12.9. The minimum atomic E-state index is -0.270. The Morgan fingerprint density at radius 2 is 1.78 bits per heavy atom. The number of para-hydroxylation sites is 1. The third-order valence-corrected chi connectivity index (χ3v) is 3.13. The molecule has 92 valence electrons. The molecule has 2 aromatic carbocycles. The summed E-state index contributed by atoms with van der Waals surface area (Å²) in [5.41, 5.74) is 2.01. The fourth-order valence-electron chi connectivity index (χ4n) is 1.56. The summed E-state index contributed by atoms with van der Waals surface area (Å²) in [6, 6.07) is 12.4. The largest absolute Gasteiger partial charge is 0.321 e. The van der Waals surface area contributed by atoms with E-state index in [2.05, 4.69) is 5.32 Å². The number of carbonyl (C=O) groups excluding carboxylic acids is 1. The van der Waals surface area contributed by atoms with Gasteiger partial charge in [0.05, 0.1) is 21.3 Å². The maximum Gasteiger partial charge on any atom is 0.257 e. The molecule has 2 rings (SSSR count). The lowest BCUT2D eigenvalue weighted by Crippen LogP contribution is -2.12. The van der Waals surface area contributed by atoms with Crippen LogP contribution in [0.1, 0.15) is 15.9 Å². The topological polar surface area (TPSA) is 29.1 Å². The Morgan fingerprint density at radius 1 is 1.06 bits per heavy atom. The zero-order valence-corrected chi connectivity index (χ0v) is 11.2. The molecule has 0 aliphatic rings. The molecule has 0 heterocycles. The van der Waals surface area contributed by atoms with Gasteiger partial charge in [0.15, 0.2) is 0 Å². The van der Waals surface area contributed by atoms with E-state index < -0.39 is 0 Å². The number of nitrogens with one attached hydrogen (secondary N) is 1. The minimum absolute atomic E-state index is 0.270. The monoisotopic (exact) mass is 279 g/mol. The molecule has 0 aliphatic carbocycles. The van der Waals surface area contributed by atoms with Gasteiger partial charge in [-0.05, 0) is 36.8 Å². The molecule has 2 nitrogen and oxygen atoms in total. The molecule has 0 unspecified atom stereocenters. The zero-order valence-electron chi connectivity index (χ0n) is 9.71. The van der Waals surface area contributed by atoms with Crippen LogP contribution in [0.3, 0.4) is 0 Å². The van der Waals surface area contributed by atoms with Crippen LogP contribution in [0.5, 0.6) is 0 Å². The van der Waals surface area contributed by atoms with E-state index in [-0.39, 0.29) is 5.91 Å². The molecule has 18 heavy (non-hydrogen) atoms. The fraction of sp³-hybridized carbons (Fsp3) is 0.0714. The Kier molecular flexibility index (Phi) is 3.90. The molecule has 1 amide bonds. The summed E-state index contributed by atoms with van der Waals surface area (Å²) >= 11 is 12.0. The smallest absolute Gasteiger partial charge is 0.257 e. The highest BCUT2D eigenvalue weighted by Gasteiger charge is 2.11. The fourth-order valence-corrected chi connectivity index (χ4v) is 2.06. The SMILES string of the molecule is Cc1ccc(C(=O)Nc2ccccc2Cl)c(Cl)c1. The van der Waals surface area contributed by atoms with Crippen molar-refractivity contribution in [1.29, 1.82) is 0 Å². The Bertz CT molecular complexity index is 596. The van der Waals surface area contributed by atoms with Gasteiger partial charge in [-0.2, -0.15) is 0 Å². The number of anilines is 1. The number of benzene rings is 2. The van der Waals surface area contributed by atoms with Gasteiger partial charge in [-0.15, -0.1) is 0 Å². The summed E-state index contributed by atoms with van der Waals surface area (Å²) < 4.78 is 0. The molecule has 0 aliphatic heterocycles. The van der Waals surface area contributed by atoms with Gasteiger partial charge in [-0.25, -0.2) is 0 Å². The normalized spacial score (nSPS) is 10.2. The lowest BCUT2D eigenvalue weighted by Gasteiger charge is -2.08. The van der Waals surface area contributed by atoms with Crippen molar-refractivity contribution in [1.82, 2.24) is 0 Å². The van der Waals surface area contributed by atoms with Crippen molar-refractivity contribution in [2.24, 2.45) is 0 Å². The average Bonchev–Trinajstić information content (AvgIpc) is 2.32. The molecule has 4 heteroatoms. The average molecular weight is 280 g/mol. The van der Waals surface area contributed by atoms with Crippen LogP contribution in [0, 0.1) is 6.92 Å². The van der Waals surface area contributed by atoms with Crippen molar-refractivity contribution >= 4 is 34.8 Å². The van der Waals surface area contributed by atoms with Crippen LogP contribution < -0.4 is 5.32 Å².